The van der Waals surface area contributed by atoms with Gasteiger partial charge in [0.1, 0.15) is 34.5 Å². The molecular weight excluding hydrogens is 524 g/mol. The molecule has 4 aromatic carbocycles. The van der Waals surface area contributed by atoms with Crippen LogP contribution in [-0.2, 0) is 22.4 Å². The zero-order chi connectivity index (χ0) is 29.2. The van der Waals surface area contributed by atoms with Crippen molar-refractivity contribution in [1.82, 2.24) is 0 Å². The van der Waals surface area contributed by atoms with Crippen molar-refractivity contribution in [1.29, 1.82) is 0 Å². The number of hydrogen-bond donors (Lipinski definition) is 4. The van der Waals surface area contributed by atoms with Gasteiger partial charge in [-0.25, -0.2) is 0 Å². The normalized spacial score (nSPS) is 10.6. The van der Waals surface area contributed by atoms with E-state index in [1.807, 2.05) is 12.1 Å². The van der Waals surface area contributed by atoms with Gasteiger partial charge in [-0.05, 0) is 122 Å². The van der Waals surface area contributed by atoms with Gasteiger partial charge in [0.2, 0.25) is 0 Å². The Morgan fingerprint density at radius 1 is 0.512 bits per heavy atom. The first kappa shape index (κ1) is 28.8. The lowest BCUT2D eigenvalue weighted by molar-refractivity contribution is -0.138. The first-order chi connectivity index (χ1) is 19.7. The SMILES string of the molecule is Nc1ccc(Oc2ccc(Oc3ccc(Oc4ccc(N)c(CCCC(=O)O)c4)cc3)cc2)cc1CCCC(=O)O. The molecule has 4 rings (SSSR count). The van der Waals surface area contributed by atoms with E-state index in [0.29, 0.717) is 71.6 Å². The second kappa shape index (κ2) is 13.7. The molecule has 0 unspecified atom stereocenters. The van der Waals surface area contributed by atoms with Gasteiger partial charge < -0.3 is 35.9 Å². The van der Waals surface area contributed by atoms with Crippen LogP contribution in [0.5, 0.6) is 34.5 Å². The Bertz CT molecular complexity index is 1370. The predicted octanol–water partition coefficient (Wildman–Crippen LogP) is 7.04. The molecule has 0 aliphatic heterocycles. The van der Waals surface area contributed by atoms with Crippen molar-refractivity contribution in [3.05, 3.63) is 96.1 Å². The number of benzene rings is 4. The molecule has 0 spiro atoms. The van der Waals surface area contributed by atoms with Gasteiger partial charge in [0.05, 0.1) is 0 Å². The Balaban J connectivity index is 1.32. The van der Waals surface area contributed by atoms with Crippen LogP contribution >= 0.6 is 0 Å². The molecule has 9 heteroatoms. The first-order valence-electron chi connectivity index (χ1n) is 13.2. The lowest BCUT2D eigenvalue weighted by Gasteiger charge is -2.12. The van der Waals surface area contributed by atoms with Gasteiger partial charge in [-0.1, -0.05) is 0 Å². The minimum atomic E-state index is -0.831. The van der Waals surface area contributed by atoms with E-state index in [-0.39, 0.29) is 12.8 Å². The Labute approximate surface area is 237 Å². The number of nitrogen functional groups attached to an aromatic ring is 2. The van der Waals surface area contributed by atoms with Crippen LogP contribution in [0.1, 0.15) is 36.8 Å². The summed E-state index contributed by atoms with van der Waals surface area (Å²) in [7, 11) is 0. The van der Waals surface area contributed by atoms with Crippen LogP contribution < -0.4 is 25.7 Å². The summed E-state index contributed by atoms with van der Waals surface area (Å²) < 4.78 is 17.8. The van der Waals surface area contributed by atoms with Gasteiger partial charge in [-0.15, -0.1) is 0 Å². The van der Waals surface area contributed by atoms with Gasteiger partial charge >= 0.3 is 11.9 Å². The molecule has 0 saturated heterocycles. The average Bonchev–Trinajstić information content (AvgIpc) is 2.94. The molecule has 0 aliphatic carbocycles. The molecule has 0 aliphatic rings. The molecule has 0 bridgehead atoms. The molecule has 0 aromatic heterocycles. The van der Waals surface area contributed by atoms with Crippen LogP contribution in [0.25, 0.3) is 0 Å². The van der Waals surface area contributed by atoms with Crippen molar-refractivity contribution in [3.8, 4) is 34.5 Å². The standard InChI is InChI=1S/C32H32N2O7/c33-29-17-15-27(19-21(29)3-1-5-31(35)36)40-25-11-7-23(8-12-25)39-24-9-13-26(14-10-24)41-28-16-18-30(34)22(20-28)4-2-6-32(37)38/h7-20H,1-6,33-34H2,(H,35,36)(H,37,38). The van der Waals surface area contributed by atoms with Crippen molar-refractivity contribution >= 4 is 23.3 Å². The minimum absolute atomic E-state index is 0.0861. The number of anilines is 2. The molecule has 6 N–H and O–H groups in total. The highest BCUT2D eigenvalue weighted by Crippen LogP contribution is 2.31. The molecule has 0 saturated carbocycles. The summed E-state index contributed by atoms with van der Waals surface area (Å²) in [5.41, 5.74) is 15.0. The molecule has 9 nitrogen and oxygen atoms in total. The average molecular weight is 557 g/mol. The predicted molar refractivity (Wildman–Crippen MR) is 156 cm³/mol. The zero-order valence-electron chi connectivity index (χ0n) is 22.4. The van der Waals surface area contributed by atoms with Crippen LogP contribution in [0.2, 0.25) is 0 Å². The Morgan fingerprint density at radius 2 is 0.805 bits per heavy atom. The van der Waals surface area contributed by atoms with E-state index in [4.69, 9.17) is 35.9 Å². The maximum atomic E-state index is 10.8. The highest BCUT2D eigenvalue weighted by atomic mass is 16.5. The lowest BCUT2D eigenvalue weighted by atomic mass is 10.1. The maximum Gasteiger partial charge on any atom is 0.303 e. The number of carbonyl (C=O) groups is 2. The Kier molecular flexibility index (Phi) is 9.66. The smallest absolute Gasteiger partial charge is 0.303 e. The summed E-state index contributed by atoms with van der Waals surface area (Å²) >= 11 is 0. The molecule has 0 heterocycles. The van der Waals surface area contributed by atoms with Crippen molar-refractivity contribution in [2.45, 2.75) is 38.5 Å². The van der Waals surface area contributed by atoms with Gasteiger partial charge in [0.25, 0.3) is 0 Å². The quantitative estimate of drug-likeness (QED) is 0.120. The van der Waals surface area contributed by atoms with E-state index < -0.39 is 11.9 Å². The number of nitrogens with two attached hydrogens (primary N) is 2. The number of aryl methyl sites for hydroxylation is 2. The number of carboxylic acids is 2. The van der Waals surface area contributed by atoms with E-state index in [9.17, 15) is 9.59 Å². The van der Waals surface area contributed by atoms with Crippen LogP contribution in [0.4, 0.5) is 11.4 Å². The van der Waals surface area contributed by atoms with Gasteiger partial charge in [-0.2, -0.15) is 0 Å². The fourth-order valence-electron chi connectivity index (χ4n) is 4.14. The van der Waals surface area contributed by atoms with Crippen LogP contribution in [0, 0.1) is 0 Å². The Hall–Kier alpha value is -5.18. The highest BCUT2D eigenvalue weighted by Gasteiger charge is 2.08. The largest absolute Gasteiger partial charge is 0.481 e. The molecule has 0 fully saturated rings. The van der Waals surface area contributed by atoms with E-state index in [1.54, 1.807) is 72.8 Å². The van der Waals surface area contributed by atoms with E-state index in [0.717, 1.165) is 11.1 Å². The Morgan fingerprint density at radius 3 is 1.12 bits per heavy atom. The summed E-state index contributed by atoms with van der Waals surface area (Å²) in [6, 6.07) is 25.1. The van der Waals surface area contributed by atoms with Crippen molar-refractivity contribution in [2.24, 2.45) is 0 Å². The summed E-state index contributed by atoms with van der Waals surface area (Å²) in [5, 5.41) is 17.7. The second-order valence-corrected chi connectivity index (χ2v) is 9.46. The minimum Gasteiger partial charge on any atom is -0.481 e. The molecule has 0 amide bonds. The summed E-state index contributed by atoms with van der Waals surface area (Å²) in [5.74, 6) is 2.06. The van der Waals surface area contributed by atoms with Crippen molar-refractivity contribution in [2.75, 3.05) is 11.5 Å². The van der Waals surface area contributed by atoms with E-state index >= 15 is 0 Å². The first-order valence-corrected chi connectivity index (χ1v) is 13.2. The van der Waals surface area contributed by atoms with Crippen LogP contribution in [0.3, 0.4) is 0 Å². The van der Waals surface area contributed by atoms with E-state index in [1.165, 1.54) is 0 Å². The van der Waals surface area contributed by atoms with Crippen molar-refractivity contribution < 1.29 is 34.0 Å². The van der Waals surface area contributed by atoms with Gasteiger partial charge in [-0.3, -0.25) is 9.59 Å². The molecular formula is C32H32N2O7. The number of carboxylic acid groups (broad SMARTS) is 2. The monoisotopic (exact) mass is 556 g/mol. The number of aliphatic carboxylic acids is 2. The fourth-order valence-corrected chi connectivity index (χ4v) is 4.14. The highest BCUT2D eigenvalue weighted by molar-refractivity contribution is 5.67. The molecule has 0 radical (unpaired) electrons. The van der Waals surface area contributed by atoms with Gasteiger partial charge in [0.15, 0.2) is 0 Å². The number of rotatable bonds is 14. The van der Waals surface area contributed by atoms with E-state index in [2.05, 4.69) is 0 Å². The molecule has 41 heavy (non-hydrogen) atoms. The summed E-state index contributed by atoms with van der Waals surface area (Å²) in [6.07, 6.45) is 2.29. The fraction of sp³-hybridized carbons (Fsp3) is 0.188. The topological polar surface area (TPSA) is 154 Å². The van der Waals surface area contributed by atoms with Crippen LogP contribution in [0.15, 0.2) is 84.9 Å². The summed E-state index contributed by atoms with van der Waals surface area (Å²) in [4.78, 5) is 21.6. The van der Waals surface area contributed by atoms with Crippen LogP contribution in [-0.4, -0.2) is 22.2 Å². The number of hydrogen-bond acceptors (Lipinski definition) is 7. The lowest BCUT2D eigenvalue weighted by Crippen LogP contribution is -1.99. The number of ether oxygens (including phenoxy) is 3. The second-order valence-electron chi connectivity index (χ2n) is 9.46. The van der Waals surface area contributed by atoms with Crippen molar-refractivity contribution in [3.63, 3.8) is 0 Å². The van der Waals surface area contributed by atoms with Gasteiger partial charge in [0, 0.05) is 24.2 Å². The molecule has 4 aromatic rings. The summed E-state index contributed by atoms with van der Waals surface area (Å²) in [6.45, 7) is 0. The maximum absolute atomic E-state index is 10.8. The zero-order valence-corrected chi connectivity index (χ0v) is 22.4. The third kappa shape index (κ3) is 8.93. The third-order valence-corrected chi connectivity index (χ3v) is 6.26. The molecule has 0 atom stereocenters. The third-order valence-electron chi connectivity index (χ3n) is 6.26. The molecule has 212 valence electrons.